The summed E-state index contributed by atoms with van der Waals surface area (Å²) >= 11 is 1.49. The van der Waals surface area contributed by atoms with Gasteiger partial charge in [0.25, 0.3) is 0 Å². The zero-order chi connectivity index (χ0) is 12.5. The Balaban J connectivity index is 2.00. The second-order valence-corrected chi connectivity index (χ2v) is 5.15. The van der Waals surface area contributed by atoms with E-state index in [1.54, 1.807) is 4.52 Å². The van der Waals surface area contributed by atoms with Crippen molar-refractivity contribution < 1.29 is 0 Å². The molecule has 2 heterocycles. The summed E-state index contributed by atoms with van der Waals surface area (Å²) < 4.78 is 1.79. The van der Waals surface area contributed by atoms with Crippen molar-refractivity contribution in [3.05, 3.63) is 46.2 Å². The first kappa shape index (κ1) is 11.3. The van der Waals surface area contributed by atoms with Crippen LogP contribution in [-0.4, -0.2) is 19.8 Å². The van der Waals surface area contributed by atoms with E-state index >= 15 is 0 Å². The Kier molecular flexibility index (Phi) is 2.81. The number of hydrogen-bond donors (Lipinski definition) is 1. The molecule has 0 atom stereocenters. The average molecular weight is 259 g/mol. The van der Waals surface area contributed by atoms with Crippen LogP contribution in [0.2, 0.25) is 0 Å². The van der Waals surface area contributed by atoms with Crippen LogP contribution >= 0.6 is 11.3 Å². The van der Waals surface area contributed by atoms with Crippen molar-refractivity contribution in [2.24, 2.45) is 5.73 Å². The molecule has 2 N–H and O–H groups in total. The smallest absolute Gasteiger partial charge is 0.234 e. The molecule has 18 heavy (non-hydrogen) atoms. The third-order valence-corrected chi connectivity index (χ3v) is 3.80. The Bertz CT molecular complexity index is 685. The van der Waals surface area contributed by atoms with Crippen molar-refractivity contribution in [3.63, 3.8) is 0 Å². The summed E-state index contributed by atoms with van der Waals surface area (Å²) in [5.74, 6) is 0.857. The van der Waals surface area contributed by atoms with Crippen molar-refractivity contribution in [1.82, 2.24) is 19.8 Å². The van der Waals surface area contributed by atoms with Gasteiger partial charge in [-0.25, -0.2) is 0 Å². The van der Waals surface area contributed by atoms with Crippen molar-refractivity contribution in [2.75, 3.05) is 0 Å². The van der Waals surface area contributed by atoms with Gasteiger partial charge >= 0.3 is 0 Å². The lowest BCUT2D eigenvalue weighted by Gasteiger charge is -2.02. The molecule has 0 aliphatic carbocycles. The Hall–Kier alpha value is -1.79. The standard InChI is InChI=1S/C12H13N5S/c1-8-4-2-3-5-9(8)6-10-14-15-12-17(10)16-11(7-13)18-12/h2-5H,6-7,13H2,1H3. The van der Waals surface area contributed by atoms with Crippen molar-refractivity contribution in [3.8, 4) is 0 Å². The van der Waals surface area contributed by atoms with E-state index in [2.05, 4.69) is 34.4 Å². The number of rotatable bonds is 3. The molecule has 0 aliphatic rings. The van der Waals surface area contributed by atoms with Crippen LogP contribution in [0.15, 0.2) is 24.3 Å². The second kappa shape index (κ2) is 4.47. The normalized spacial score (nSPS) is 11.2. The zero-order valence-electron chi connectivity index (χ0n) is 10.00. The Morgan fingerprint density at radius 1 is 1.28 bits per heavy atom. The maximum atomic E-state index is 5.59. The number of nitrogens with two attached hydrogens (primary N) is 1. The lowest BCUT2D eigenvalue weighted by molar-refractivity contribution is 0.819. The van der Waals surface area contributed by atoms with Crippen LogP contribution in [0.1, 0.15) is 22.0 Å². The van der Waals surface area contributed by atoms with Crippen LogP contribution in [0.5, 0.6) is 0 Å². The van der Waals surface area contributed by atoms with Crippen LogP contribution in [0.25, 0.3) is 4.96 Å². The van der Waals surface area contributed by atoms with Crippen molar-refractivity contribution in [1.29, 1.82) is 0 Å². The average Bonchev–Trinajstić information content (AvgIpc) is 2.93. The molecule has 0 radical (unpaired) electrons. The summed E-state index contributed by atoms with van der Waals surface area (Å²) in [4.78, 5) is 0.805. The molecular formula is C12H13N5S. The maximum absolute atomic E-state index is 5.59. The van der Waals surface area contributed by atoms with Crippen molar-refractivity contribution >= 4 is 16.3 Å². The molecule has 0 unspecified atom stereocenters. The largest absolute Gasteiger partial charge is 0.324 e. The highest BCUT2D eigenvalue weighted by molar-refractivity contribution is 7.16. The second-order valence-electron chi connectivity index (χ2n) is 4.11. The molecule has 0 amide bonds. The third kappa shape index (κ3) is 1.89. The van der Waals surface area contributed by atoms with Gasteiger partial charge in [-0.15, -0.1) is 10.2 Å². The van der Waals surface area contributed by atoms with Gasteiger partial charge in [-0.3, -0.25) is 0 Å². The van der Waals surface area contributed by atoms with Gasteiger partial charge in [-0.1, -0.05) is 35.6 Å². The molecule has 0 aliphatic heterocycles. The number of nitrogens with zero attached hydrogens (tertiary/aromatic N) is 4. The molecule has 0 saturated carbocycles. The maximum Gasteiger partial charge on any atom is 0.234 e. The quantitative estimate of drug-likeness (QED) is 0.774. The molecule has 3 rings (SSSR count). The molecule has 3 aromatic rings. The van der Waals surface area contributed by atoms with Gasteiger partial charge in [0.1, 0.15) is 5.01 Å². The fourth-order valence-corrected chi connectivity index (χ4v) is 2.60. The molecule has 0 spiro atoms. The molecule has 2 aromatic heterocycles. The van der Waals surface area contributed by atoms with Crippen molar-refractivity contribution in [2.45, 2.75) is 19.9 Å². The predicted molar refractivity (Wildman–Crippen MR) is 70.5 cm³/mol. The molecule has 1 aromatic carbocycles. The zero-order valence-corrected chi connectivity index (χ0v) is 10.8. The fraction of sp³-hybridized carbons (Fsp3) is 0.250. The molecule has 6 heteroatoms. The van der Waals surface area contributed by atoms with Gasteiger partial charge in [0.2, 0.25) is 4.96 Å². The number of fused-ring (bicyclic) bond motifs is 1. The van der Waals surface area contributed by atoms with E-state index in [0.29, 0.717) is 6.54 Å². The van der Waals surface area contributed by atoms with E-state index in [4.69, 9.17) is 5.73 Å². The number of benzene rings is 1. The van der Waals surface area contributed by atoms with Gasteiger partial charge in [-0.05, 0) is 18.1 Å². The van der Waals surface area contributed by atoms with Gasteiger partial charge in [0.05, 0.1) is 0 Å². The van der Waals surface area contributed by atoms with E-state index in [0.717, 1.165) is 22.2 Å². The SMILES string of the molecule is Cc1ccccc1Cc1nnc2sc(CN)nn12. The van der Waals surface area contributed by atoms with Crippen LogP contribution in [0.3, 0.4) is 0 Å². The van der Waals surface area contributed by atoms with E-state index in [9.17, 15) is 0 Å². The Morgan fingerprint density at radius 2 is 2.11 bits per heavy atom. The fourth-order valence-electron chi connectivity index (χ4n) is 1.87. The first-order chi connectivity index (χ1) is 8.78. The molecule has 0 fully saturated rings. The lowest BCUT2D eigenvalue weighted by Crippen LogP contribution is -2.01. The summed E-state index contributed by atoms with van der Waals surface area (Å²) in [5.41, 5.74) is 8.08. The first-order valence-electron chi connectivity index (χ1n) is 5.72. The summed E-state index contributed by atoms with van der Waals surface area (Å²) in [6.07, 6.45) is 0.738. The predicted octanol–water partition coefficient (Wildman–Crippen LogP) is 1.54. The highest BCUT2D eigenvalue weighted by atomic mass is 32.1. The van der Waals surface area contributed by atoms with Crippen LogP contribution in [0.4, 0.5) is 0 Å². The minimum absolute atomic E-state index is 0.442. The van der Waals surface area contributed by atoms with Gasteiger partial charge in [0, 0.05) is 13.0 Å². The topological polar surface area (TPSA) is 69.1 Å². The summed E-state index contributed by atoms with van der Waals surface area (Å²) in [7, 11) is 0. The Morgan fingerprint density at radius 3 is 2.89 bits per heavy atom. The van der Waals surface area contributed by atoms with E-state index in [1.807, 2.05) is 12.1 Å². The molecule has 0 bridgehead atoms. The molecule has 0 saturated heterocycles. The molecule has 5 nitrogen and oxygen atoms in total. The minimum atomic E-state index is 0.442. The van der Waals surface area contributed by atoms with Crippen LogP contribution in [0, 0.1) is 6.92 Å². The highest BCUT2D eigenvalue weighted by Crippen LogP contribution is 2.16. The third-order valence-electron chi connectivity index (χ3n) is 2.88. The Labute approximate surface area is 108 Å². The summed E-state index contributed by atoms with van der Waals surface area (Å²) in [6.45, 7) is 2.54. The number of aromatic nitrogens is 4. The van der Waals surface area contributed by atoms with E-state index < -0.39 is 0 Å². The monoisotopic (exact) mass is 259 g/mol. The highest BCUT2D eigenvalue weighted by Gasteiger charge is 2.11. The van der Waals surface area contributed by atoms with Gasteiger partial charge < -0.3 is 5.73 Å². The number of hydrogen-bond acceptors (Lipinski definition) is 5. The van der Waals surface area contributed by atoms with Crippen LogP contribution < -0.4 is 5.73 Å². The lowest BCUT2D eigenvalue weighted by atomic mass is 10.1. The van der Waals surface area contributed by atoms with E-state index in [-0.39, 0.29) is 0 Å². The molecular weight excluding hydrogens is 246 g/mol. The number of aryl methyl sites for hydroxylation is 1. The van der Waals surface area contributed by atoms with Gasteiger partial charge in [0.15, 0.2) is 5.82 Å². The summed E-state index contributed by atoms with van der Waals surface area (Å²) in [6, 6.07) is 8.27. The minimum Gasteiger partial charge on any atom is -0.324 e. The van der Waals surface area contributed by atoms with Crippen LogP contribution in [-0.2, 0) is 13.0 Å². The summed E-state index contributed by atoms with van der Waals surface area (Å²) in [5, 5.41) is 13.6. The molecule has 92 valence electrons. The van der Waals surface area contributed by atoms with E-state index in [1.165, 1.54) is 22.5 Å². The van der Waals surface area contributed by atoms with Gasteiger partial charge in [-0.2, -0.15) is 9.61 Å². The first-order valence-corrected chi connectivity index (χ1v) is 6.54.